The van der Waals surface area contributed by atoms with Gasteiger partial charge in [0.05, 0.1) is 9.77 Å². The van der Waals surface area contributed by atoms with Crippen molar-refractivity contribution in [2.75, 3.05) is 32.4 Å². The lowest BCUT2D eigenvalue weighted by Gasteiger charge is -2.34. The van der Waals surface area contributed by atoms with Crippen LogP contribution >= 0.6 is 23.1 Å². The molecule has 1 aliphatic rings. The molecular formula is C17H22N2O2S2. The number of thiophene rings is 1. The third-order valence-corrected chi connectivity index (χ3v) is 6.30. The molecular weight excluding hydrogens is 328 g/mol. The summed E-state index contributed by atoms with van der Waals surface area (Å²) in [6, 6.07) is 6.25. The first kappa shape index (κ1) is 16.6. The molecule has 0 atom stereocenters. The molecule has 1 saturated heterocycles. The van der Waals surface area contributed by atoms with Gasteiger partial charge in [-0.15, -0.1) is 23.1 Å². The summed E-state index contributed by atoms with van der Waals surface area (Å²) in [6.45, 7) is 8.13. The second kappa shape index (κ2) is 7.11. The second-order valence-corrected chi connectivity index (χ2v) is 8.09. The van der Waals surface area contributed by atoms with Crippen molar-refractivity contribution in [1.82, 2.24) is 9.80 Å². The van der Waals surface area contributed by atoms with Crippen LogP contribution in [0.5, 0.6) is 0 Å². The summed E-state index contributed by atoms with van der Waals surface area (Å²) in [5.74, 6) is 1.62. The maximum atomic E-state index is 12.6. The number of hydrogen-bond donors (Lipinski definition) is 0. The van der Waals surface area contributed by atoms with Gasteiger partial charge < -0.3 is 9.32 Å². The molecule has 23 heavy (non-hydrogen) atoms. The number of aryl methyl sites for hydroxylation is 2. The average Bonchev–Trinajstić information content (AvgIpc) is 3.13. The summed E-state index contributed by atoms with van der Waals surface area (Å²) in [7, 11) is 0. The minimum absolute atomic E-state index is 0.0970. The van der Waals surface area contributed by atoms with E-state index in [-0.39, 0.29) is 5.91 Å². The van der Waals surface area contributed by atoms with Crippen molar-refractivity contribution in [2.24, 2.45) is 0 Å². The van der Waals surface area contributed by atoms with Gasteiger partial charge in [-0.05, 0) is 38.3 Å². The molecule has 6 heteroatoms. The van der Waals surface area contributed by atoms with Gasteiger partial charge in [0.2, 0.25) is 0 Å². The summed E-state index contributed by atoms with van der Waals surface area (Å²) in [6.07, 6.45) is 2.11. The van der Waals surface area contributed by atoms with Crippen LogP contribution in [-0.2, 0) is 6.54 Å². The van der Waals surface area contributed by atoms with Crippen molar-refractivity contribution in [2.45, 2.75) is 24.6 Å². The highest BCUT2D eigenvalue weighted by Crippen LogP contribution is 2.26. The molecule has 3 heterocycles. The molecule has 1 amide bonds. The van der Waals surface area contributed by atoms with E-state index < -0.39 is 0 Å². The van der Waals surface area contributed by atoms with Gasteiger partial charge in [0, 0.05) is 37.6 Å². The Hall–Kier alpha value is -1.24. The maximum Gasteiger partial charge on any atom is 0.257 e. The molecule has 3 rings (SSSR count). The lowest BCUT2D eigenvalue weighted by Crippen LogP contribution is -2.48. The van der Waals surface area contributed by atoms with Crippen molar-refractivity contribution in [1.29, 1.82) is 0 Å². The maximum absolute atomic E-state index is 12.6. The fraction of sp³-hybridized carbons (Fsp3) is 0.471. The standard InChI is InChI=1S/C17H22N2O2S2/c1-12-10-15(13(2)21-12)17(20)19-8-6-18(7-9-19)11-14-4-5-16(22-3)23-14/h4-5,10H,6-9,11H2,1-3H3. The van der Waals surface area contributed by atoms with E-state index in [1.165, 1.54) is 9.09 Å². The number of carbonyl (C=O) groups excluding carboxylic acids is 1. The van der Waals surface area contributed by atoms with E-state index in [0.717, 1.165) is 44.2 Å². The molecule has 1 fully saturated rings. The lowest BCUT2D eigenvalue weighted by molar-refractivity contribution is 0.0628. The molecule has 0 aromatic carbocycles. The molecule has 0 saturated carbocycles. The molecule has 1 aliphatic heterocycles. The van der Waals surface area contributed by atoms with Crippen molar-refractivity contribution in [3.8, 4) is 0 Å². The number of nitrogens with zero attached hydrogens (tertiary/aromatic N) is 2. The molecule has 2 aromatic rings. The Morgan fingerprint density at radius 1 is 1.26 bits per heavy atom. The Labute approximate surface area is 145 Å². The van der Waals surface area contributed by atoms with E-state index in [4.69, 9.17) is 4.42 Å². The highest BCUT2D eigenvalue weighted by molar-refractivity contribution is 8.00. The van der Waals surface area contributed by atoms with Crippen LogP contribution < -0.4 is 0 Å². The van der Waals surface area contributed by atoms with Crippen LogP contribution in [0.3, 0.4) is 0 Å². The molecule has 2 aromatic heterocycles. The van der Waals surface area contributed by atoms with Gasteiger partial charge in [0.15, 0.2) is 0 Å². The number of carbonyl (C=O) groups is 1. The Bertz CT molecular complexity index is 685. The molecule has 0 spiro atoms. The van der Waals surface area contributed by atoms with Gasteiger partial charge in [-0.1, -0.05) is 0 Å². The first-order valence-corrected chi connectivity index (χ1v) is 9.82. The van der Waals surface area contributed by atoms with E-state index in [2.05, 4.69) is 23.3 Å². The second-order valence-electron chi connectivity index (χ2n) is 5.82. The number of hydrogen-bond acceptors (Lipinski definition) is 5. The Balaban J connectivity index is 1.55. The van der Waals surface area contributed by atoms with Gasteiger partial charge in [0.1, 0.15) is 11.5 Å². The Morgan fingerprint density at radius 2 is 2.00 bits per heavy atom. The zero-order chi connectivity index (χ0) is 16.4. The summed E-state index contributed by atoms with van der Waals surface area (Å²) in [4.78, 5) is 18.4. The monoisotopic (exact) mass is 350 g/mol. The number of amides is 1. The molecule has 0 radical (unpaired) electrons. The first-order chi connectivity index (χ1) is 11.1. The number of piperazine rings is 1. The van der Waals surface area contributed by atoms with Gasteiger partial charge in [-0.25, -0.2) is 0 Å². The molecule has 0 bridgehead atoms. The number of thioether (sulfide) groups is 1. The van der Waals surface area contributed by atoms with E-state index in [0.29, 0.717) is 5.56 Å². The SMILES string of the molecule is CSc1ccc(CN2CCN(C(=O)c3cc(C)oc3C)CC2)s1. The van der Waals surface area contributed by atoms with Crippen LogP contribution in [0.25, 0.3) is 0 Å². The topological polar surface area (TPSA) is 36.7 Å². The fourth-order valence-corrected chi connectivity index (χ4v) is 4.53. The average molecular weight is 351 g/mol. The van der Waals surface area contributed by atoms with E-state index in [9.17, 15) is 4.79 Å². The quantitative estimate of drug-likeness (QED) is 0.789. The molecule has 4 nitrogen and oxygen atoms in total. The largest absolute Gasteiger partial charge is 0.466 e. The third kappa shape index (κ3) is 3.82. The summed E-state index contributed by atoms with van der Waals surface area (Å²) < 4.78 is 6.84. The summed E-state index contributed by atoms with van der Waals surface area (Å²) in [5, 5.41) is 0. The first-order valence-electron chi connectivity index (χ1n) is 7.78. The van der Waals surface area contributed by atoms with E-state index >= 15 is 0 Å². The molecule has 0 N–H and O–H groups in total. The van der Waals surface area contributed by atoms with Crippen LogP contribution in [0.2, 0.25) is 0 Å². The minimum atomic E-state index is 0.0970. The van der Waals surface area contributed by atoms with Crippen LogP contribution in [-0.4, -0.2) is 48.1 Å². The summed E-state index contributed by atoms with van der Waals surface area (Å²) in [5.41, 5.74) is 0.707. The van der Waals surface area contributed by atoms with Crippen LogP contribution in [0, 0.1) is 13.8 Å². The van der Waals surface area contributed by atoms with Gasteiger partial charge >= 0.3 is 0 Å². The Kier molecular flexibility index (Phi) is 5.14. The van der Waals surface area contributed by atoms with Gasteiger partial charge in [-0.3, -0.25) is 9.69 Å². The van der Waals surface area contributed by atoms with Crippen molar-refractivity contribution in [3.05, 3.63) is 40.2 Å². The Morgan fingerprint density at radius 3 is 2.57 bits per heavy atom. The fourth-order valence-electron chi connectivity index (χ4n) is 2.90. The molecule has 124 valence electrons. The number of rotatable bonds is 4. The van der Waals surface area contributed by atoms with Crippen LogP contribution in [0.4, 0.5) is 0 Å². The zero-order valence-corrected chi connectivity index (χ0v) is 15.4. The highest BCUT2D eigenvalue weighted by atomic mass is 32.2. The van der Waals surface area contributed by atoms with Gasteiger partial charge in [0.25, 0.3) is 5.91 Å². The van der Waals surface area contributed by atoms with Crippen LogP contribution in [0.1, 0.15) is 26.8 Å². The van der Waals surface area contributed by atoms with Crippen molar-refractivity contribution >= 4 is 29.0 Å². The predicted molar refractivity (Wildman–Crippen MR) is 95.5 cm³/mol. The molecule has 0 aliphatic carbocycles. The van der Waals surface area contributed by atoms with Crippen LogP contribution in [0.15, 0.2) is 26.8 Å². The summed E-state index contributed by atoms with van der Waals surface area (Å²) >= 11 is 3.66. The van der Waals surface area contributed by atoms with Crippen molar-refractivity contribution < 1.29 is 9.21 Å². The van der Waals surface area contributed by atoms with E-state index in [1.807, 2.05) is 36.2 Å². The highest BCUT2D eigenvalue weighted by Gasteiger charge is 2.24. The number of furan rings is 1. The lowest BCUT2D eigenvalue weighted by atomic mass is 10.2. The van der Waals surface area contributed by atoms with E-state index in [1.54, 1.807) is 11.8 Å². The minimum Gasteiger partial charge on any atom is -0.466 e. The third-order valence-electron chi connectivity index (χ3n) is 4.15. The normalized spacial score (nSPS) is 16.0. The molecule has 0 unspecified atom stereocenters. The zero-order valence-electron chi connectivity index (χ0n) is 13.8. The smallest absolute Gasteiger partial charge is 0.257 e. The predicted octanol–water partition coefficient (Wildman–Crippen LogP) is 3.64. The van der Waals surface area contributed by atoms with Gasteiger partial charge in [-0.2, -0.15) is 0 Å². The van der Waals surface area contributed by atoms with Crippen molar-refractivity contribution in [3.63, 3.8) is 0 Å².